The number of ether oxygens (including phenoxy) is 3. The third-order valence-corrected chi connectivity index (χ3v) is 7.66. The van der Waals surface area contributed by atoms with Crippen LogP contribution in [0, 0.1) is 0 Å². The van der Waals surface area contributed by atoms with Gasteiger partial charge in [-0.3, -0.25) is 4.90 Å². The largest absolute Gasteiger partial charge is 0.493 e. The molecule has 1 saturated heterocycles. The summed E-state index contributed by atoms with van der Waals surface area (Å²) in [7, 11) is 1.66. The molecule has 2 aliphatic rings. The van der Waals surface area contributed by atoms with Crippen LogP contribution >= 0.6 is 23.4 Å². The lowest BCUT2D eigenvalue weighted by atomic mass is 9.95. The summed E-state index contributed by atoms with van der Waals surface area (Å²) in [5.41, 5.74) is 2.34. The molecular formula is C26H29ClN4O3S. The van der Waals surface area contributed by atoms with Crippen molar-refractivity contribution in [3.63, 3.8) is 0 Å². The number of allylic oxidation sites excluding steroid dienone is 1. The summed E-state index contributed by atoms with van der Waals surface area (Å²) in [4.78, 5) is 2.47. The monoisotopic (exact) mass is 512 g/mol. The van der Waals surface area contributed by atoms with Gasteiger partial charge in [0, 0.05) is 29.8 Å². The van der Waals surface area contributed by atoms with Gasteiger partial charge in [0.1, 0.15) is 5.82 Å². The molecule has 0 unspecified atom stereocenters. The Morgan fingerprint density at radius 1 is 1.17 bits per heavy atom. The van der Waals surface area contributed by atoms with Gasteiger partial charge in [-0.1, -0.05) is 41.6 Å². The van der Waals surface area contributed by atoms with Crippen LogP contribution in [0.15, 0.2) is 54.2 Å². The fourth-order valence-corrected chi connectivity index (χ4v) is 5.78. The third-order valence-electron chi connectivity index (χ3n) is 6.39. The van der Waals surface area contributed by atoms with E-state index >= 15 is 0 Å². The number of rotatable bonds is 9. The standard InChI is InChI=1S/C26H29ClN4O3S/c1-3-9-31-25(28-29-26(31)35-16-18-5-4-6-21(27)12-18)20-7-10-30(11-8-20)15-19-13-22(32-2)24-23(14-19)33-17-34-24/h3-6,12-14,20H,1,7-11,15-17H2,2H3. The molecule has 2 aromatic carbocycles. The van der Waals surface area contributed by atoms with Crippen molar-refractivity contribution in [3.05, 3.63) is 71.0 Å². The Labute approximate surface area is 215 Å². The molecule has 7 nitrogen and oxygen atoms in total. The maximum atomic E-state index is 6.14. The van der Waals surface area contributed by atoms with E-state index in [1.165, 1.54) is 11.1 Å². The second-order valence-electron chi connectivity index (χ2n) is 8.74. The fraction of sp³-hybridized carbons (Fsp3) is 0.385. The Kier molecular flexibility index (Phi) is 7.51. The highest BCUT2D eigenvalue weighted by atomic mass is 35.5. The summed E-state index contributed by atoms with van der Waals surface area (Å²) in [6.45, 7) is 7.73. The molecule has 2 aliphatic heterocycles. The molecule has 5 rings (SSSR count). The number of thioether (sulfide) groups is 1. The van der Waals surface area contributed by atoms with E-state index in [0.29, 0.717) is 18.2 Å². The molecular weight excluding hydrogens is 484 g/mol. The van der Waals surface area contributed by atoms with Crippen LogP contribution in [0.4, 0.5) is 0 Å². The first-order valence-electron chi connectivity index (χ1n) is 11.7. The summed E-state index contributed by atoms with van der Waals surface area (Å²) in [5.74, 6) is 4.42. The minimum absolute atomic E-state index is 0.241. The lowest BCUT2D eigenvalue weighted by Crippen LogP contribution is -2.33. The van der Waals surface area contributed by atoms with Gasteiger partial charge in [-0.15, -0.1) is 16.8 Å². The minimum atomic E-state index is 0.241. The van der Waals surface area contributed by atoms with Crippen LogP contribution in [0.3, 0.4) is 0 Å². The van der Waals surface area contributed by atoms with Crippen LogP contribution < -0.4 is 14.2 Å². The van der Waals surface area contributed by atoms with Crippen LogP contribution in [0.1, 0.15) is 35.7 Å². The molecule has 0 spiro atoms. The van der Waals surface area contributed by atoms with E-state index in [2.05, 4.69) is 38.4 Å². The van der Waals surface area contributed by atoms with E-state index in [4.69, 9.17) is 25.8 Å². The quantitative estimate of drug-likeness (QED) is 0.276. The Morgan fingerprint density at radius 2 is 2.03 bits per heavy atom. The fourth-order valence-electron chi connectivity index (χ4n) is 4.67. The predicted octanol–water partition coefficient (Wildman–Crippen LogP) is 5.53. The zero-order valence-electron chi connectivity index (χ0n) is 19.8. The number of halogens is 1. The first-order chi connectivity index (χ1) is 17.1. The predicted molar refractivity (Wildman–Crippen MR) is 138 cm³/mol. The van der Waals surface area contributed by atoms with Gasteiger partial charge < -0.3 is 18.8 Å². The molecule has 0 radical (unpaired) electrons. The summed E-state index contributed by atoms with van der Waals surface area (Å²) in [5, 5.41) is 10.8. The molecule has 35 heavy (non-hydrogen) atoms. The maximum absolute atomic E-state index is 6.14. The van der Waals surface area contributed by atoms with E-state index in [0.717, 1.165) is 65.7 Å². The molecule has 184 valence electrons. The topological polar surface area (TPSA) is 61.6 Å². The lowest BCUT2D eigenvalue weighted by molar-refractivity contribution is 0.171. The van der Waals surface area contributed by atoms with Crippen molar-refractivity contribution in [2.24, 2.45) is 0 Å². The Hall–Kier alpha value is -2.68. The molecule has 0 aliphatic carbocycles. The molecule has 1 fully saturated rings. The van der Waals surface area contributed by atoms with Crippen molar-refractivity contribution in [1.82, 2.24) is 19.7 Å². The highest BCUT2D eigenvalue weighted by Gasteiger charge is 2.27. The second-order valence-corrected chi connectivity index (χ2v) is 10.1. The first-order valence-corrected chi connectivity index (χ1v) is 13.1. The van der Waals surface area contributed by atoms with Gasteiger partial charge in [-0.2, -0.15) is 0 Å². The molecule has 0 saturated carbocycles. The number of nitrogens with zero attached hydrogens (tertiary/aromatic N) is 4. The number of likely N-dealkylation sites (tertiary alicyclic amines) is 1. The average molecular weight is 513 g/mol. The molecule has 3 aromatic rings. The maximum Gasteiger partial charge on any atom is 0.231 e. The molecule has 3 heterocycles. The lowest BCUT2D eigenvalue weighted by Gasteiger charge is -2.31. The van der Waals surface area contributed by atoms with E-state index in [1.54, 1.807) is 18.9 Å². The number of fused-ring (bicyclic) bond motifs is 1. The average Bonchev–Trinajstić information content (AvgIpc) is 3.50. The molecule has 0 atom stereocenters. The van der Waals surface area contributed by atoms with Gasteiger partial charge in [-0.25, -0.2) is 0 Å². The van der Waals surface area contributed by atoms with Crippen molar-refractivity contribution in [3.8, 4) is 17.2 Å². The minimum Gasteiger partial charge on any atom is -0.493 e. The molecule has 1 aromatic heterocycles. The first kappa shape index (κ1) is 24.0. The van der Waals surface area contributed by atoms with Crippen LogP contribution in [-0.2, 0) is 18.8 Å². The number of aromatic nitrogens is 3. The number of benzene rings is 2. The van der Waals surface area contributed by atoms with Crippen molar-refractivity contribution in [2.45, 2.75) is 42.8 Å². The van der Waals surface area contributed by atoms with Crippen LogP contribution in [-0.4, -0.2) is 46.7 Å². The summed E-state index contributed by atoms with van der Waals surface area (Å²) >= 11 is 7.83. The van der Waals surface area contributed by atoms with Gasteiger partial charge >= 0.3 is 0 Å². The van der Waals surface area contributed by atoms with Crippen LogP contribution in [0.5, 0.6) is 17.2 Å². The van der Waals surface area contributed by atoms with Crippen molar-refractivity contribution in [2.75, 3.05) is 27.0 Å². The summed E-state index contributed by atoms with van der Waals surface area (Å²) in [6.07, 6.45) is 3.99. The Morgan fingerprint density at radius 3 is 2.80 bits per heavy atom. The van der Waals surface area contributed by atoms with Gasteiger partial charge in [0.25, 0.3) is 0 Å². The zero-order chi connectivity index (χ0) is 24.2. The Balaban J connectivity index is 1.22. The molecule has 0 amide bonds. The second kappa shape index (κ2) is 10.9. The van der Waals surface area contributed by atoms with E-state index in [-0.39, 0.29) is 6.79 Å². The van der Waals surface area contributed by atoms with E-state index < -0.39 is 0 Å². The zero-order valence-corrected chi connectivity index (χ0v) is 21.4. The number of hydrogen-bond donors (Lipinski definition) is 0. The normalized spacial score (nSPS) is 15.9. The number of methoxy groups -OCH3 is 1. The van der Waals surface area contributed by atoms with E-state index in [9.17, 15) is 0 Å². The highest BCUT2D eigenvalue weighted by Crippen LogP contribution is 2.42. The molecule has 9 heteroatoms. The summed E-state index contributed by atoms with van der Waals surface area (Å²) < 4.78 is 18.8. The van der Waals surface area contributed by atoms with E-state index in [1.807, 2.05) is 30.3 Å². The number of hydrogen-bond acceptors (Lipinski definition) is 7. The summed E-state index contributed by atoms with van der Waals surface area (Å²) in [6, 6.07) is 12.0. The van der Waals surface area contributed by atoms with Gasteiger partial charge in [-0.05, 0) is 61.3 Å². The van der Waals surface area contributed by atoms with Crippen molar-refractivity contribution in [1.29, 1.82) is 0 Å². The smallest absolute Gasteiger partial charge is 0.231 e. The van der Waals surface area contributed by atoms with Gasteiger partial charge in [0.2, 0.25) is 12.5 Å². The number of piperidine rings is 1. The van der Waals surface area contributed by atoms with Crippen LogP contribution in [0.2, 0.25) is 5.02 Å². The van der Waals surface area contributed by atoms with Crippen molar-refractivity contribution >= 4 is 23.4 Å². The van der Waals surface area contributed by atoms with Crippen molar-refractivity contribution < 1.29 is 14.2 Å². The SMILES string of the molecule is C=CCn1c(SCc2cccc(Cl)c2)nnc1C1CCN(Cc2cc(OC)c3c(c2)OCO3)CC1. The van der Waals surface area contributed by atoms with Gasteiger partial charge in [0.15, 0.2) is 16.7 Å². The Bertz CT molecular complexity index is 1190. The molecule has 0 bridgehead atoms. The van der Waals surface area contributed by atoms with Crippen LogP contribution in [0.25, 0.3) is 0 Å². The third kappa shape index (κ3) is 5.44. The highest BCUT2D eigenvalue weighted by molar-refractivity contribution is 7.98. The molecule has 0 N–H and O–H groups in total. The van der Waals surface area contributed by atoms with Gasteiger partial charge in [0.05, 0.1) is 7.11 Å².